The summed E-state index contributed by atoms with van der Waals surface area (Å²) >= 11 is 0. The van der Waals surface area contributed by atoms with Crippen LogP contribution in [0, 0.1) is 10.8 Å². The molecule has 0 spiro atoms. The number of nitrogens with zero attached hydrogens (tertiary/aromatic N) is 2. The van der Waals surface area contributed by atoms with Gasteiger partial charge in [0, 0.05) is 11.9 Å². The van der Waals surface area contributed by atoms with E-state index in [1.165, 1.54) is 0 Å². The molecule has 90 valence electrons. The molecule has 1 heterocycles. The molecular formula is C13H16N2O2. The molecule has 1 aromatic carbocycles. The predicted octanol–water partition coefficient (Wildman–Crippen LogP) is 3.79. The van der Waals surface area contributed by atoms with Crippen LogP contribution in [-0.2, 0) is 6.54 Å². The second-order valence-electron chi connectivity index (χ2n) is 4.61. The number of para-hydroxylation sites is 1. The average Bonchev–Trinajstić information content (AvgIpc) is 2.58. The Morgan fingerprint density at radius 3 is 2.71 bits per heavy atom. The molecule has 17 heavy (non-hydrogen) atoms. The van der Waals surface area contributed by atoms with E-state index in [4.69, 9.17) is 0 Å². The van der Waals surface area contributed by atoms with Gasteiger partial charge in [0.15, 0.2) is 5.69 Å². The van der Waals surface area contributed by atoms with Crippen molar-refractivity contribution in [3.05, 3.63) is 29.2 Å². The fraction of sp³-hybridized carbons (Fsp3) is 0.385. The Labute approximate surface area is 99.8 Å². The zero-order valence-electron chi connectivity index (χ0n) is 10.1. The topological polar surface area (TPSA) is 54.6 Å². The number of hydrogen-bond donors (Lipinski definition) is 1. The Balaban J connectivity index is 2.53. The number of nitroso groups, excluding NO2 is 1. The molecule has 0 fully saturated rings. The lowest BCUT2D eigenvalue weighted by Crippen LogP contribution is -2.00. The Morgan fingerprint density at radius 1 is 1.35 bits per heavy atom. The van der Waals surface area contributed by atoms with Crippen molar-refractivity contribution in [1.82, 2.24) is 4.57 Å². The number of fused-ring (bicyclic) bond motifs is 1. The van der Waals surface area contributed by atoms with E-state index < -0.39 is 0 Å². The van der Waals surface area contributed by atoms with Crippen molar-refractivity contribution in [2.45, 2.75) is 26.8 Å². The predicted molar refractivity (Wildman–Crippen MR) is 68.5 cm³/mol. The third kappa shape index (κ3) is 2.02. The summed E-state index contributed by atoms with van der Waals surface area (Å²) in [7, 11) is 0. The fourth-order valence-corrected chi connectivity index (χ4v) is 1.98. The van der Waals surface area contributed by atoms with Crippen LogP contribution in [0.5, 0.6) is 5.88 Å². The summed E-state index contributed by atoms with van der Waals surface area (Å²) in [6.45, 7) is 4.95. The number of aromatic nitrogens is 1. The monoisotopic (exact) mass is 232 g/mol. The zero-order chi connectivity index (χ0) is 12.4. The number of aryl methyl sites for hydroxylation is 1. The third-order valence-corrected chi connectivity index (χ3v) is 2.94. The van der Waals surface area contributed by atoms with Crippen molar-refractivity contribution in [3.63, 3.8) is 0 Å². The van der Waals surface area contributed by atoms with E-state index >= 15 is 0 Å². The molecule has 0 unspecified atom stereocenters. The molecular weight excluding hydrogens is 216 g/mol. The fourth-order valence-electron chi connectivity index (χ4n) is 1.98. The van der Waals surface area contributed by atoms with Crippen molar-refractivity contribution in [2.75, 3.05) is 0 Å². The van der Waals surface area contributed by atoms with Gasteiger partial charge in [-0.1, -0.05) is 32.0 Å². The van der Waals surface area contributed by atoms with Crippen molar-refractivity contribution in [2.24, 2.45) is 11.1 Å². The molecule has 0 saturated carbocycles. The number of hydrogen-bond acceptors (Lipinski definition) is 3. The summed E-state index contributed by atoms with van der Waals surface area (Å²) in [6, 6.07) is 7.42. The highest BCUT2D eigenvalue weighted by molar-refractivity contribution is 5.94. The van der Waals surface area contributed by atoms with E-state index in [0.29, 0.717) is 17.8 Å². The summed E-state index contributed by atoms with van der Waals surface area (Å²) in [5.74, 6) is 0.519. The summed E-state index contributed by atoms with van der Waals surface area (Å²) in [5.41, 5.74) is 1.00. The van der Waals surface area contributed by atoms with Gasteiger partial charge in [-0.3, -0.25) is 0 Å². The van der Waals surface area contributed by atoms with Gasteiger partial charge in [-0.25, -0.2) is 0 Å². The van der Waals surface area contributed by atoms with Gasteiger partial charge in [0.1, 0.15) is 0 Å². The average molecular weight is 232 g/mol. The Morgan fingerprint density at radius 2 is 2.06 bits per heavy atom. The minimum atomic E-state index is -0.0261. The first-order valence-corrected chi connectivity index (χ1v) is 5.78. The first-order chi connectivity index (χ1) is 8.15. The molecule has 0 saturated heterocycles. The molecule has 0 aliphatic rings. The van der Waals surface area contributed by atoms with E-state index in [9.17, 15) is 10.0 Å². The van der Waals surface area contributed by atoms with Gasteiger partial charge in [0.25, 0.3) is 0 Å². The van der Waals surface area contributed by atoms with Crippen LogP contribution in [0.25, 0.3) is 10.9 Å². The van der Waals surface area contributed by atoms with Gasteiger partial charge in [0.2, 0.25) is 5.88 Å². The zero-order valence-corrected chi connectivity index (χ0v) is 10.1. The van der Waals surface area contributed by atoms with E-state index in [1.54, 1.807) is 10.6 Å². The second-order valence-corrected chi connectivity index (χ2v) is 4.61. The Kier molecular flexibility index (Phi) is 3.13. The highest BCUT2D eigenvalue weighted by Gasteiger charge is 2.16. The standard InChI is InChI=1S/C13H16N2O2/c1-9(2)7-8-15-11-6-4-3-5-10(11)12(14-17)13(15)16/h3-6,9,16H,7-8H2,1-2H3. The smallest absolute Gasteiger partial charge is 0.222 e. The lowest BCUT2D eigenvalue weighted by atomic mass is 10.1. The van der Waals surface area contributed by atoms with Gasteiger partial charge in [-0.15, -0.1) is 4.91 Å². The molecule has 0 bridgehead atoms. The Bertz CT molecular complexity index is 544. The maximum atomic E-state index is 10.8. The van der Waals surface area contributed by atoms with Crippen LogP contribution in [0.2, 0.25) is 0 Å². The van der Waals surface area contributed by atoms with Crippen molar-refractivity contribution >= 4 is 16.6 Å². The van der Waals surface area contributed by atoms with Crippen molar-refractivity contribution in [3.8, 4) is 5.88 Å². The summed E-state index contributed by atoms with van der Waals surface area (Å²) in [6.07, 6.45) is 0.949. The SMILES string of the molecule is CC(C)CCn1c(O)c(N=O)c2ccccc21. The van der Waals surface area contributed by atoms with Crippen molar-refractivity contribution < 1.29 is 5.11 Å². The van der Waals surface area contributed by atoms with Gasteiger partial charge < -0.3 is 9.67 Å². The highest BCUT2D eigenvalue weighted by Crippen LogP contribution is 2.38. The van der Waals surface area contributed by atoms with Gasteiger partial charge >= 0.3 is 0 Å². The van der Waals surface area contributed by atoms with Crippen LogP contribution < -0.4 is 0 Å². The van der Waals surface area contributed by atoms with E-state index in [1.807, 2.05) is 18.2 Å². The molecule has 0 aliphatic carbocycles. The molecule has 4 heteroatoms. The van der Waals surface area contributed by atoms with E-state index in [-0.39, 0.29) is 11.6 Å². The lowest BCUT2D eigenvalue weighted by Gasteiger charge is -2.08. The van der Waals surface area contributed by atoms with E-state index in [2.05, 4.69) is 19.0 Å². The minimum Gasteiger partial charge on any atom is -0.493 e. The molecule has 1 aromatic heterocycles. The molecule has 0 amide bonds. The molecule has 0 radical (unpaired) electrons. The number of rotatable bonds is 4. The summed E-state index contributed by atoms with van der Waals surface area (Å²) < 4.78 is 1.76. The second kappa shape index (κ2) is 4.57. The minimum absolute atomic E-state index is 0.0261. The molecule has 0 atom stereocenters. The molecule has 4 nitrogen and oxygen atoms in total. The van der Waals surface area contributed by atoms with Crippen molar-refractivity contribution in [1.29, 1.82) is 0 Å². The van der Waals surface area contributed by atoms with Gasteiger partial charge in [0.05, 0.1) is 5.52 Å². The summed E-state index contributed by atoms with van der Waals surface area (Å²) in [4.78, 5) is 10.8. The number of benzene rings is 1. The molecule has 2 rings (SSSR count). The van der Waals surface area contributed by atoms with Crippen LogP contribution in [0.15, 0.2) is 29.4 Å². The first kappa shape index (κ1) is 11.6. The van der Waals surface area contributed by atoms with Crippen LogP contribution in [0.3, 0.4) is 0 Å². The first-order valence-electron chi connectivity index (χ1n) is 5.78. The molecule has 0 aliphatic heterocycles. The van der Waals surface area contributed by atoms with Gasteiger partial charge in [-0.05, 0) is 23.6 Å². The van der Waals surface area contributed by atoms with Gasteiger partial charge in [-0.2, -0.15) is 0 Å². The quantitative estimate of drug-likeness (QED) is 0.815. The molecule has 1 N–H and O–H groups in total. The van der Waals surface area contributed by atoms with Crippen LogP contribution >= 0.6 is 0 Å². The van der Waals surface area contributed by atoms with Crippen LogP contribution in [0.4, 0.5) is 5.69 Å². The van der Waals surface area contributed by atoms with E-state index in [0.717, 1.165) is 11.9 Å². The third-order valence-electron chi connectivity index (χ3n) is 2.94. The summed E-state index contributed by atoms with van der Waals surface area (Å²) in [5, 5.41) is 13.6. The maximum absolute atomic E-state index is 10.8. The number of aromatic hydroxyl groups is 1. The largest absolute Gasteiger partial charge is 0.493 e. The normalized spacial score (nSPS) is 11.2. The lowest BCUT2D eigenvalue weighted by molar-refractivity contribution is 0.407. The van der Waals surface area contributed by atoms with Crippen LogP contribution in [-0.4, -0.2) is 9.67 Å². The Hall–Kier alpha value is -1.84. The van der Waals surface area contributed by atoms with Crippen LogP contribution in [0.1, 0.15) is 20.3 Å². The maximum Gasteiger partial charge on any atom is 0.222 e. The highest BCUT2D eigenvalue weighted by atomic mass is 16.3. The molecule has 2 aromatic rings.